The minimum Gasteiger partial charge on any atom is -0.493 e. The number of aromatic nitrogens is 2. The Kier molecular flexibility index (Phi) is 8.40. The zero-order chi connectivity index (χ0) is 25.7. The summed E-state index contributed by atoms with van der Waals surface area (Å²) < 4.78 is 18.4. The second-order valence-corrected chi connectivity index (χ2v) is 9.57. The van der Waals surface area contributed by atoms with Gasteiger partial charge in [0, 0.05) is 16.0 Å². The lowest BCUT2D eigenvalue weighted by Gasteiger charge is -2.22. The van der Waals surface area contributed by atoms with Crippen LogP contribution in [0, 0.1) is 0 Å². The summed E-state index contributed by atoms with van der Waals surface area (Å²) in [6, 6.07) is 10.8. The zero-order valence-electron chi connectivity index (χ0n) is 20.7. The maximum absolute atomic E-state index is 13.4. The van der Waals surface area contributed by atoms with Crippen LogP contribution in [0.4, 0.5) is 0 Å². The van der Waals surface area contributed by atoms with Crippen LogP contribution >= 0.6 is 15.9 Å². The number of benzene rings is 2. The molecular weight excluding hydrogens is 526 g/mol. The number of para-hydroxylation sites is 1. The number of fused-ring (bicyclic) bond motifs is 1. The van der Waals surface area contributed by atoms with E-state index in [4.69, 9.17) is 19.2 Å². The first-order chi connectivity index (χ1) is 17.4. The van der Waals surface area contributed by atoms with E-state index in [1.807, 2.05) is 18.2 Å². The third-order valence-corrected chi connectivity index (χ3v) is 6.95. The Morgan fingerprint density at radius 1 is 1.22 bits per heavy atom. The molecule has 190 valence electrons. The Morgan fingerprint density at radius 3 is 2.69 bits per heavy atom. The van der Waals surface area contributed by atoms with Crippen molar-refractivity contribution in [3.05, 3.63) is 62.6 Å². The molecular formula is C27H30BrN3O5. The van der Waals surface area contributed by atoms with Gasteiger partial charge in [-0.2, -0.15) is 9.78 Å². The Morgan fingerprint density at radius 2 is 1.97 bits per heavy atom. The average molecular weight is 556 g/mol. The van der Waals surface area contributed by atoms with Crippen molar-refractivity contribution in [1.82, 2.24) is 9.66 Å². The van der Waals surface area contributed by atoms with E-state index in [9.17, 15) is 9.59 Å². The lowest BCUT2D eigenvalue weighted by atomic mass is 9.88. The van der Waals surface area contributed by atoms with Crippen LogP contribution in [-0.4, -0.2) is 41.7 Å². The van der Waals surface area contributed by atoms with Crippen molar-refractivity contribution in [3.63, 3.8) is 0 Å². The molecule has 4 rings (SSSR count). The molecule has 0 bridgehead atoms. The van der Waals surface area contributed by atoms with Crippen molar-refractivity contribution in [2.75, 3.05) is 13.7 Å². The molecule has 0 saturated heterocycles. The normalized spacial score (nSPS) is 15.2. The van der Waals surface area contributed by atoms with E-state index in [0.717, 1.165) is 25.7 Å². The van der Waals surface area contributed by atoms with Crippen LogP contribution < -0.4 is 15.0 Å². The van der Waals surface area contributed by atoms with Crippen molar-refractivity contribution < 1.29 is 19.0 Å². The summed E-state index contributed by atoms with van der Waals surface area (Å²) in [6.07, 6.45) is 6.22. The van der Waals surface area contributed by atoms with E-state index in [-0.39, 0.29) is 18.1 Å². The quantitative estimate of drug-likeness (QED) is 0.272. The molecule has 2 aromatic carbocycles. The lowest BCUT2D eigenvalue weighted by molar-refractivity contribution is -0.150. The van der Waals surface area contributed by atoms with Gasteiger partial charge in [-0.3, -0.25) is 4.79 Å². The Hall–Kier alpha value is -3.20. The average Bonchev–Trinajstić information content (AvgIpc) is 2.89. The summed E-state index contributed by atoms with van der Waals surface area (Å²) in [7, 11) is 1.52. The van der Waals surface area contributed by atoms with Gasteiger partial charge < -0.3 is 14.2 Å². The SMILES string of the molecule is CCOC(=O)[C@H](C)Oc1cc(Br)c(C=Nn2c(C3CCCCC3)nc3ccccc3c2=O)cc1OC. The summed E-state index contributed by atoms with van der Waals surface area (Å²) in [6.45, 7) is 3.63. The molecule has 9 heteroatoms. The molecule has 1 aliphatic rings. The number of rotatable bonds is 8. The molecule has 8 nitrogen and oxygen atoms in total. The van der Waals surface area contributed by atoms with E-state index in [2.05, 4.69) is 21.0 Å². The first-order valence-electron chi connectivity index (χ1n) is 12.2. The fourth-order valence-electron chi connectivity index (χ4n) is 4.40. The number of nitrogens with zero attached hydrogens (tertiary/aromatic N) is 3. The smallest absolute Gasteiger partial charge is 0.347 e. The van der Waals surface area contributed by atoms with E-state index in [1.165, 1.54) is 18.2 Å². The van der Waals surface area contributed by atoms with Gasteiger partial charge >= 0.3 is 5.97 Å². The largest absolute Gasteiger partial charge is 0.493 e. The molecule has 3 aromatic rings. The third kappa shape index (κ3) is 5.61. The van der Waals surface area contributed by atoms with Crippen molar-refractivity contribution >= 4 is 39.0 Å². The van der Waals surface area contributed by atoms with Gasteiger partial charge in [0.25, 0.3) is 5.56 Å². The maximum Gasteiger partial charge on any atom is 0.347 e. The molecule has 0 radical (unpaired) electrons. The molecule has 0 unspecified atom stereocenters. The molecule has 1 heterocycles. The number of methoxy groups -OCH3 is 1. The van der Waals surface area contributed by atoms with Gasteiger partial charge in [0.2, 0.25) is 0 Å². The standard InChI is InChI=1S/C27H30BrN3O5/c1-4-35-27(33)17(2)36-24-15-21(28)19(14-23(24)34-3)16-29-31-25(18-10-6-5-7-11-18)30-22-13-9-8-12-20(22)26(31)32/h8-9,12-18H,4-7,10-11H2,1-3H3/t17-/m0/s1. The molecule has 1 atom stereocenters. The van der Waals surface area contributed by atoms with Crippen molar-refractivity contribution in [2.45, 2.75) is 58.0 Å². The van der Waals surface area contributed by atoms with Crippen molar-refractivity contribution in [2.24, 2.45) is 5.10 Å². The molecule has 0 spiro atoms. The zero-order valence-corrected chi connectivity index (χ0v) is 22.3. The van der Waals surface area contributed by atoms with Crippen molar-refractivity contribution in [1.29, 1.82) is 0 Å². The number of ether oxygens (including phenoxy) is 3. The third-order valence-electron chi connectivity index (χ3n) is 6.27. The second-order valence-electron chi connectivity index (χ2n) is 8.72. The topological polar surface area (TPSA) is 92.0 Å². The highest BCUT2D eigenvalue weighted by Gasteiger charge is 2.23. The highest BCUT2D eigenvalue weighted by molar-refractivity contribution is 9.10. The van der Waals surface area contributed by atoms with Crippen LogP contribution in [0.1, 0.15) is 63.3 Å². The first-order valence-corrected chi connectivity index (χ1v) is 13.0. The minimum absolute atomic E-state index is 0.186. The summed E-state index contributed by atoms with van der Waals surface area (Å²) in [4.78, 5) is 30.3. The Labute approximate surface area is 218 Å². The molecule has 1 fully saturated rings. The lowest BCUT2D eigenvalue weighted by Crippen LogP contribution is -2.26. The molecule has 1 saturated carbocycles. The number of carbonyl (C=O) groups is 1. The fourth-order valence-corrected chi connectivity index (χ4v) is 4.82. The highest BCUT2D eigenvalue weighted by atomic mass is 79.9. The Balaban J connectivity index is 1.71. The summed E-state index contributed by atoms with van der Waals surface area (Å²) >= 11 is 3.55. The molecule has 0 aliphatic heterocycles. The molecule has 1 aromatic heterocycles. The van der Waals surface area contributed by atoms with Crippen LogP contribution in [0.3, 0.4) is 0 Å². The number of hydrogen-bond donors (Lipinski definition) is 0. The number of hydrogen-bond acceptors (Lipinski definition) is 7. The van der Waals surface area contributed by atoms with E-state index >= 15 is 0 Å². The van der Waals surface area contributed by atoms with Gasteiger partial charge in [0.15, 0.2) is 17.6 Å². The van der Waals surface area contributed by atoms with Crippen LogP contribution in [0.5, 0.6) is 11.5 Å². The second kappa shape index (κ2) is 11.7. The number of halogens is 1. The molecule has 36 heavy (non-hydrogen) atoms. The highest BCUT2D eigenvalue weighted by Crippen LogP contribution is 2.34. The fraction of sp³-hybridized carbons (Fsp3) is 0.407. The summed E-state index contributed by atoms with van der Waals surface area (Å²) in [5.41, 5.74) is 1.18. The van der Waals surface area contributed by atoms with Crippen molar-refractivity contribution in [3.8, 4) is 11.5 Å². The van der Waals surface area contributed by atoms with Gasteiger partial charge in [0.05, 0.1) is 30.8 Å². The van der Waals surface area contributed by atoms with Gasteiger partial charge in [-0.1, -0.05) is 31.4 Å². The Bertz CT molecular complexity index is 1330. The molecule has 0 N–H and O–H groups in total. The van der Waals surface area contributed by atoms with E-state index < -0.39 is 12.1 Å². The minimum atomic E-state index is -0.800. The predicted octanol–water partition coefficient (Wildman–Crippen LogP) is 5.43. The van der Waals surface area contributed by atoms with E-state index in [1.54, 1.807) is 38.3 Å². The predicted molar refractivity (Wildman–Crippen MR) is 142 cm³/mol. The van der Waals surface area contributed by atoms with Gasteiger partial charge in [-0.15, -0.1) is 0 Å². The maximum atomic E-state index is 13.4. The number of esters is 1. The molecule has 0 amide bonds. The van der Waals surface area contributed by atoms with Gasteiger partial charge in [-0.05, 0) is 66.9 Å². The first kappa shape index (κ1) is 25.9. The van der Waals surface area contributed by atoms with Crippen LogP contribution in [0.15, 0.2) is 50.8 Å². The van der Waals surface area contributed by atoms with Crippen LogP contribution in [0.25, 0.3) is 10.9 Å². The summed E-state index contributed by atoms with van der Waals surface area (Å²) in [5.74, 6) is 1.23. The van der Waals surface area contributed by atoms with Crippen LogP contribution in [0.2, 0.25) is 0 Å². The summed E-state index contributed by atoms with van der Waals surface area (Å²) in [5, 5.41) is 5.13. The van der Waals surface area contributed by atoms with Crippen LogP contribution in [-0.2, 0) is 9.53 Å². The van der Waals surface area contributed by atoms with Gasteiger partial charge in [0.1, 0.15) is 5.82 Å². The molecule has 1 aliphatic carbocycles. The number of carbonyl (C=O) groups excluding carboxylic acids is 1. The van der Waals surface area contributed by atoms with Gasteiger partial charge in [-0.25, -0.2) is 9.78 Å². The van der Waals surface area contributed by atoms with E-state index in [0.29, 0.717) is 38.3 Å². The monoisotopic (exact) mass is 555 g/mol.